The van der Waals surface area contributed by atoms with Crippen molar-refractivity contribution in [3.63, 3.8) is 0 Å². The summed E-state index contributed by atoms with van der Waals surface area (Å²) in [6, 6.07) is 13.1. The summed E-state index contributed by atoms with van der Waals surface area (Å²) in [7, 11) is 4.99. The van der Waals surface area contributed by atoms with Crippen LogP contribution in [0.3, 0.4) is 0 Å². The summed E-state index contributed by atoms with van der Waals surface area (Å²) < 4.78 is 10.7. The number of carbonyl (C=O) groups excluding carboxylic acids is 1. The fourth-order valence-corrected chi connectivity index (χ4v) is 3.60. The van der Waals surface area contributed by atoms with E-state index in [0.717, 1.165) is 10.5 Å². The first-order chi connectivity index (χ1) is 12.0. The van der Waals surface area contributed by atoms with Crippen LogP contribution in [0.25, 0.3) is 0 Å². The Morgan fingerprint density at radius 1 is 1.16 bits per heavy atom. The van der Waals surface area contributed by atoms with Crippen LogP contribution in [-0.4, -0.2) is 37.3 Å². The van der Waals surface area contributed by atoms with Gasteiger partial charge in [0.05, 0.1) is 19.5 Å². The van der Waals surface area contributed by atoms with Gasteiger partial charge >= 0.3 is 0 Å². The minimum Gasteiger partial charge on any atom is -0.493 e. The van der Waals surface area contributed by atoms with Gasteiger partial charge < -0.3 is 14.4 Å². The van der Waals surface area contributed by atoms with Crippen LogP contribution in [0.1, 0.15) is 12.5 Å². The number of carbonyl (C=O) groups is 1. The van der Waals surface area contributed by atoms with Gasteiger partial charge in [-0.1, -0.05) is 23.7 Å². The number of para-hydroxylation sites is 1. The SMILES string of the molecule is COc1cccc(CN(C)C(=O)[C@@H](C)Sc2ccc(Cl)cc2)c1OC. The molecule has 0 N–H and O–H groups in total. The molecule has 0 saturated carbocycles. The molecule has 25 heavy (non-hydrogen) atoms. The predicted octanol–water partition coefficient (Wildman–Crippen LogP) is 4.50. The number of amides is 1. The number of hydrogen-bond acceptors (Lipinski definition) is 4. The molecule has 0 bridgehead atoms. The maximum Gasteiger partial charge on any atom is 0.235 e. The van der Waals surface area contributed by atoms with Gasteiger partial charge in [0, 0.05) is 29.1 Å². The maximum absolute atomic E-state index is 12.7. The smallest absolute Gasteiger partial charge is 0.235 e. The highest BCUT2D eigenvalue weighted by Gasteiger charge is 2.20. The summed E-state index contributed by atoms with van der Waals surface area (Å²) in [5, 5.41) is 0.480. The van der Waals surface area contributed by atoms with E-state index >= 15 is 0 Å². The van der Waals surface area contributed by atoms with Crippen LogP contribution in [0, 0.1) is 0 Å². The van der Waals surface area contributed by atoms with Gasteiger partial charge in [-0.2, -0.15) is 0 Å². The van der Waals surface area contributed by atoms with Crippen molar-refractivity contribution in [3.05, 3.63) is 53.1 Å². The fraction of sp³-hybridized carbons (Fsp3) is 0.316. The van der Waals surface area contributed by atoms with Crippen LogP contribution in [0.5, 0.6) is 11.5 Å². The molecule has 0 fully saturated rings. The second kappa shape index (κ2) is 9.02. The lowest BCUT2D eigenvalue weighted by Crippen LogP contribution is -2.32. The minimum atomic E-state index is -0.206. The molecule has 1 atom stereocenters. The minimum absolute atomic E-state index is 0.0461. The zero-order valence-electron chi connectivity index (χ0n) is 14.8. The Balaban J connectivity index is 2.06. The molecular weight excluding hydrogens is 358 g/mol. The van der Waals surface area contributed by atoms with E-state index < -0.39 is 0 Å². The highest BCUT2D eigenvalue weighted by molar-refractivity contribution is 8.00. The molecule has 2 aromatic carbocycles. The molecule has 2 rings (SSSR count). The lowest BCUT2D eigenvalue weighted by atomic mass is 10.1. The zero-order valence-corrected chi connectivity index (χ0v) is 16.4. The average molecular weight is 380 g/mol. The molecule has 1 amide bonds. The molecule has 0 unspecified atom stereocenters. The number of thioether (sulfide) groups is 1. The largest absolute Gasteiger partial charge is 0.493 e. The molecular formula is C19H22ClNO3S. The van der Waals surface area contributed by atoms with Gasteiger partial charge in [-0.05, 0) is 37.3 Å². The highest BCUT2D eigenvalue weighted by Crippen LogP contribution is 2.32. The van der Waals surface area contributed by atoms with E-state index in [2.05, 4.69) is 0 Å². The Labute approximate surface area is 158 Å². The van der Waals surface area contributed by atoms with E-state index in [1.807, 2.05) is 49.4 Å². The molecule has 0 spiro atoms. The van der Waals surface area contributed by atoms with Crippen LogP contribution in [0.15, 0.2) is 47.4 Å². The van der Waals surface area contributed by atoms with Crippen LogP contribution in [0.4, 0.5) is 0 Å². The van der Waals surface area contributed by atoms with Gasteiger partial charge in [0.1, 0.15) is 0 Å². The summed E-state index contributed by atoms with van der Waals surface area (Å²) in [6.45, 7) is 2.35. The Morgan fingerprint density at radius 3 is 2.44 bits per heavy atom. The molecule has 0 heterocycles. The first kappa shape index (κ1) is 19.5. The van der Waals surface area contributed by atoms with Crippen LogP contribution >= 0.6 is 23.4 Å². The Bertz CT molecular complexity index is 721. The van der Waals surface area contributed by atoms with E-state index in [9.17, 15) is 4.79 Å². The maximum atomic E-state index is 12.7. The van der Waals surface area contributed by atoms with Gasteiger partial charge in [0.2, 0.25) is 5.91 Å². The molecule has 2 aromatic rings. The molecule has 0 aromatic heterocycles. The van der Waals surface area contributed by atoms with Crippen molar-refractivity contribution in [1.82, 2.24) is 4.90 Å². The monoisotopic (exact) mass is 379 g/mol. The summed E-state index contributed by atoms with van der Waals surface area (Å²) in [6.07, 6.45) is 0. The number of methoxy groups -OCH3 is 2. The Morgan fingerprint density at radius 2 is 1.84 bits per heavy atom. The van der Waals surface area contributed by atoms with Crippen molar-refractivity contribution in [2.75, 3.05) is 21.3 Å². The fourth-order valence-electron chi connectivity index (χ4n) is 2.49. The van der Waals surface area contributed by atoms with Gasteiger partial charge in [0.15, 0.2) is 11.5 Å². The number of hydrogen-bond donors (Lipinski definition) is 0. The molecule has 0 aliphatic carbocycles. The second-order valence-corrected chi connectivity index (χ2v) is 7.41. The lowest BCUT2D eigenvalue weighted by molar-refractivity contribution is -0.129. The Hall–Kier alpha value is -1.85. The number of halogens is 1. The quantitative estimate of drug-likeness (QED) is 0.664. The van der Waals surface area contributed by atoms with E-state index in [0.29, 0.717) is 23.1 Å². The average Bonchev–Trinajstić information content (AvgIpc) is 2.62. The molecule has 0 radical (unpaired) electrons. The summed E-state index contributed by atoms with van der Waals surface area (Å²) in [4.78, 5) is 15.4. The lowest BCUT2D eigenvalue weighted by Gasteiger charge is -2.23. The third-order valence-electron chi connectivity index (χ3n) is 3.74. The van der Waals surface area contributed by atoms with Crippen molar-refractivity contribution >= 4 is 29.3 Å². The Kier molecular flexibility index (Phi) is 7.02. The van der Waals surface area contributed by atoms with Crippen molar-refractivity contribution < 1.29 is 14.3 Å². The van der Waals surface area contributed by atoms with Gasteiger partial charge in [0.25, 0.3) is 0 Å². The predicted molar refractivity (Wildman–Crippen MR) is 103 cm³/mol. The molecule has 0 aliphatic heterocycles. The van der Waals surface area contributed by atoms with E-state index in [4.69, 9.17) is 21.1 Å². The van der Waals surface area contributed by atoms with Gasteiger partial charge in [-0.15, -0.1) is 11.8 Å². The van der Waals surface area contributed by atoms with Crippen molar-refractivity contribution in [2.24, 2.45) is 0 Å². The number of nitrogens with zero attached hydrogens (tertiary/aromatic N) is 1. The van der Waals surface area contributed by atoms with Crippen LogP contribution < -0.4 is 9.47 Å². The van der Waals surface area contributed by atoms with Gasteiger partial charge in [-0.25, -0.2) is 0 Å². The number of ether oxygens (including phenoxy) is 2. The highest BCUT2D eigenvalue weighted by atomic mass is 35.5. The standard InChI is InChI=1S/C19H22ClNO3S/c1-13(25-16-10-8-15(20)9-11-16)19(22)21(2)12-14-6-5-7-17(23-3)18(14)24-4/h5-11,13H,12H2,1-4H3/t13-/m1/s1. The van der Waals surface area contributed by atoms with E-state index in [1.165, 1.54) is 11.8 Å². The molecule has 6 heteroatoms. The van der Waals surface area contributed by atoms with Crippen molar-refractivity contribution in [1.29, 1.82) is 0 Å². The van der Waals surface area contributed by atoms with Crippen LogP contribution in [-0.2, 0) is 11.3 Å². The summed E-state index contributed by atoms with van der Waals surface area (Å²) in [5.41, 5.74) is 0.904. The first-order valence-electron chi connectivity index (χ1n) is 7.83. The first-order valence-corrected chi connectivity index (χ1v) is 9.09. The molecule has 134 valence electrons. The normalized spacial score (nSPS) is 11.7. The molecule has 4 nitrogen and oxygen atoms in total. The van der Waals surface area contributed by atoms with E-state index in [-0.39, 0.29) is 11.2 Å². The summed E-state index contributed by atoms with van der Waals surface area (Å²) >= 11 is 7.41. The number of benzene rings is 2. The van der Waals surface area contributed by atoms with Gasteiger partial charge in [-0.3, -0.25) is 4.79 Å². The third-order valence-corrected chi connectivity index (χ3v) is 5.09. The van der Waals surface area contributed by atoms with Crippen molar-refractivity contribution in [3.8, 4) is 11.5 Å². The molecule has 0 aliphatic rings. The second-order valence-electron chi connectivity index (χ2n) is 5.56. The summed E-state index contributed by atoms with van der Waals surface area (Å²) in [5.74, 6) is 1.36. The topological polar surface area (TPSA) is 38.8 Å². The number of rotatable bonds is 7. The van der Waals surface area contributed by atoms with Crippen LogP contribution in [0.2, 0.25) is 5.02 Å². The van der Waals surface area contributed by atoms with Crippen molar-refractivity contribution in [2.45, 2.75) is 23.6 Å². The zero-order chi connectivity index (χ0) is 18.4. The third kappa shape index (κ3) is 5.06. The van der Waals surface area contributed by atoms with E-state index in [1.54, 1.807) is 26.2 Å². The molecule has 0 saturated heterocycles.